The average molecular weight is 296 g/mol. The molecule has 4 heteroatoms. The Morgan fingerprint density at radius 1 is 1.33 bits per heavy atom. The van der Waals surface area contributed by atoms with Gasteiger partial charge in [0.05, 0.1) is 0 Å². The number of nitrogens with one attached hydrogen (secondary N) is 1. The molecule has 1 atom stereocenters. The fourth-order valence-electron chi connectivity index (χ4n) is 3.56. The minimum Gasteiger partial charge on any atom is -0.444 e. The highest BCUT2D eigenvalue weighted by Crippen LogP contribution is 2.40. The van der Waals surface area contributed by atoms with E-state index in [0.29, 0.717) is 11.5 Å². The van der Waals surface area contributed by atoms with Crippen LogP contribution in [-0.4, -0.2) is 42.3 Å². The monoisotopic (exact) mass is 296 g/mol. The molecule has 4 nitrogen and oxygen atoms in total. The predicted octanol–water partition coefficient (Wildman–Crippen LogP) is 3.56. The second-order valence-electron chi connectivity index (χ2n) is 7.85. The van der Waals surface area contributed by atoms with Crippen LogP contribution < -0.4 is 5.32 Å². The van der Waals surface area contributed by atoms with Gasteiger partial charge in [0, 0.05) is 25.7 Å². The third kappa shape index (κ3) is 4.60. The highest BCUT2D eigenvalue weighted by Gasteiger charge is 2.34. The molecule has 0 aromatic carbocycles. The van der Waals surface area contributed by atoms with Gasteiger partial charge in [-0.15, -0.1) is 0 Å². The molecule has 1 unspecified atom stereocenters. The molecule has 1 aliphatic carbocycles. The molecule has 0 bridgehead atoms. The van der Waals surface area contributed by atoms with Crippen LogP contribution in [0.15, 0.2) is 0 Å². The number of hydrogen-bond donors (Lipinski definition) is 1. The SMILES string of the molecule is CCC1(CNC2CCN(C(=O)OC(C)(C)C)C2)CCCC1. The van der Waals surface area contributed by atoms with Crippen LogP contribution >= 0.6 is 0 Å². The van der Waals surface area contributed by atoms with Crippen LogP contribution in [0.1, 0.15) is 66.2 Å². The van der Waals surface area contributed by atoms with Gasteiger partial charge in [-0.1, -0.05) is 19.8 Å². The number of rotatable bonds is 4. The van der Waals surface area contributed by atoms with Crippen molar-refractivity contribution in [2.45, 2.75) is 77.9 Å². The first-order chi connectivity index (χ1) is 9.84. The number of ether oxygens (including phenoxy) is 1. The third-order valence-electron chi connectivity index (χ3n) is 5.02. The summed E-state index contributed by atoms with van der Waals surface area (Å²) in [7, 11) is 0. The molecule has 21 heavy (non-hydrogen) atoms. The molecule has 1 N–H and O–H groups in total. The Labute approximate surface area is 129 Å². The maximum Gasteiger partial charge on any atom is 0.410 e. The molecule has 1 aliphatic heterocycles. The van der Waals surface area contributed by atoms with E-state index in [0.717, 1.165) is 26.1 Å². The molecule has 0 aromatic heterocycles. The summed E-state index contributed by atoms with van der Waals surface area (Å²) in [6.45, 7) is 10.8. The molecule has 1 saturated heterocycles. The molecule has 122 valence electrons. The molecule has 2 fully saturated rings. The molecular weight excluding hydrogens is 264 g/mol. The number of carbonyl (C=O) groups excluding carboxylic acids is 1. The van der Waals surface area contributed by atoms with Gasteiger partial charge >= 0.3 is 6.09 Å². The Bertz CT molecular complexity index is 356. The van der Waals surface area contributed by atoms with Crippen LogP contribution in [0.5, 0.6) is 0 Å². The minimum absolute atomic E-state index is 0.169. The second-order valence-corrected chi connectivity index (χ2v) is 7.85. The van der Waals surface area contributed by atoms with Crippen LogP contribution in [0.2, 0.25) is 0 Å². The van der Waals surface area contributed by atoms with Crippen molar-refractivity contribution in [3.8, 4) is 0 Å². The number of nitrogens with zero attached hydrogens (tertiary/aromatic N) is 1. The Kier molecular flexibility index (Phi) is 5.18. The van der Waals surface area contributed by atoms with Crippen LogP contribution in [0.25, 0.3) is 0 Å². The Balaban J connectivity index is 1.76. The van der Waals surface area contributed by atoms with Crippen molar-refractivity contribution in [2.24, 2.45) is 5.41 Å². The van der Waals surface area contributed by atoms with E-state index in [9.17, 15) is 4.79 Å². The van der Waals surface area contributed by atoms with Crippen molar-refractivity contribution in [3.05, 3.63) is 0 Å². The first-order valence-corrected chi connectivity index (χ1v) is 8.55. The molecule has 0 radical (unpaired) electrons. The molecule has 0 spiro atoms. The van der Waals surface area contributed by atoms with E-state index >= 15 is 0 Å². The smallest absolute Gasteiger partial charge is 0.410 e. The Morgan fingerprint density at radius 3 is 2.57 bits per heavy atom. The third-order valence-corrected chi connectivity index (χ3v) is 5.02. The lowest BCUT2D eigenvalue weighted by molar-refractivity contribution is 0.0290. The lowest BCUT2D eigenvalue weighted by atomic mass is 9.83. The van der Waals surface area contributed by atoms with E-state index < -0.39 is 5.60 Å². The lowest BCUT2D eigenvalue weighted by Gasteiger charge is -2.29. The summed E-state index contributed by atoms with van der Waals surface area (Å²) in [5, 5.41) is 3.71. The van der Waals surface area contributed by atoms with Crippen LogP contribution in [-0.2, 0) is 4.74 Å². The number of likely N-dealkylation sites (tertiary alicyclic amines) is 1. The summed E-state index contributed by atoms with van der Waals surface area (Å²) in [6.07, 6.45) is 7.62. The predicted molar refractivity (Wildman–Crippen MR) is 85.4 cm³/mol. The van der Waals surface area contributed by atoms with Gasteiger partial charge in [-0.3, -0.25) is 0 Å². The molecule has 1 amide bonds. The zero-order valence-corrected chi connectivity index (χ0v) is 14.2. The van der Waals surface area contributed by atoms with Gasteiger partial charge in [-0.2, -0.15) is 0 Å². The van der Waals surface area contributed by atoms with Gasteiger partial charge in [-0.25, -0.2) is 4.79 Å². The van der Waals surface area contributed by atoms with Gasteiger partial charge < -0.3 is 15.0 Å². The number of hydrogen-bond acceptors (Lipinski definition) is 3. The quantitative estimate of drug-likeness (QED) is 0.862. The van der Waals surface area contributed by atoms with Crippen LogP contribution in [0.3, 0.4) is 0 Å². The molecule has 0 aromatic rings. The average Bonchev–Trinajstić information content (AvgIpc) is 3.04. The highest BCUT2D eigenvalue weighted by atomic mass is 16.6. The molecular formula is C17H32N2O2. The van der Waals surface area contributed by atoms with E-state index in [1.54, 1.807) is 0 Å². The zero-order valence-electron chi connectivity index (χ0n) is 14.2. The molecule has 1 saturated carbocycles. The van der Waals surface area contributed by atoms with Crippen molar-refractivity contribution in [2.75, 3.05) is 19.6 Å². The summed E-state index contributed by atoms with van der Waals surface area (Å²) in [6, 6.07) is 0.432. The molecule has 1 heterocycles. The normalized spacial score (nSPS) is 25.3. The van der Waals surface area contributed by atoms with Crippen LogP contribution in [0.4, 0.5) is 4.79 Å². The van der Waals surface area contributed by atoms with E-state index in [-0.39, 0.29) is 6.09 Å². The van der Waals surface area contributed by atoms with E-state index in [1.165, 1.54) is 32.1 Å². The van der Waals surface area contributed by atoms with Crippen molar-refractivity contribution in [3.63, 3.8) is 0 Å². The van der Waals surface area contributed by atoms with E-state index in [1.807, 2.05) is 25.7 Å². The summed E-state index contributed by atoms with van der Waals surface area (Å²) < 4.78 is 5.45. The van der Waals surface area contributed by atoms with Gasteiger partial charge in [0.15, 0.2) is 0 Å². The minimum atomic E-state index is -0.404. The van der Waals surface area contributed by atoms with Crippen LogP contribution in [0, 0.1) is 5.41 Å². The van der Waals surface area contributed by atoms with Crippen molar-refractivity contribution in [1.82, 2.24) is 10.2 Å². The first-order valence-electron chi connectivity index (χ1n) is 8.55. The zero-order chi connectivity index (χ0) is 15.5. The maximum absolute atomic E-state index is 12.1. The topological polar surface area (TPSA) is 41.6 Å². The number of amides is 1. The summed E-state index contributed by atoms with van der Waals surface area (Å²) in [5.41, 5.74) is 0.109. The van der Waals surface area contributed by atoms with Gasteiger partial charge in [-0.05, 0) is 51.9 Å². The van der Waals surface area contributed by atoms with Gasteiger partial charge in [0.1, 0.15) is 5.60 Å². The summed E-state index contributed by atoms with van der Waals surface area (Å²) in [4.78, 5) is 13.9. The number of carbonyl (C=O) groups is 1. The highest BCUT2D eigenvalue weighted by molar-refractivity contribution is 5.68. The van der Waals surface area contributed by atoms with E-state index in [2.05, 4.69) is 12.2 Å². The van der Waals surface area contributed by atoms with Gasteiger partial charge in [0.2, 0.25) is 0 Å². The molecule has 2 rings (SSSR count). The Hall–Kier alpha value is -0.770. The summed E-state index contributed by atoms with van der Waals surface area (Å²) in [5.74, 6) is 0. The van der Waals surface area contributed by atoms with Crippen molar-refractivity contribution < 1.29 is 9.53 Å². The van der Waals surface area contributed by atoms with Crippen molar-refractivity contribution >= 4 is 6.09 Å². The lowest BCUT2D eigenvalue weighted by Crippen LogP contribution is -2.41. The summed E-state index contributed by atoms with van der Waals surface area (Å²) >= 11 is 0. The second kappa shape index (κ2) is 6.55. The first kappa shape index (κ1) is 16.6. The standard InChI is InChI=1S/C17H32N2O2/c1-5-17(9-6-7-10-17)13-18-14-8-11-19(12-14)15(20)21-16(2,3)4/h14,18H,5-13H2,1-4H3. The Morgan fingerprint density at radius 2 is 2.00 bits per heavy atom. The van der Waals surface area contributed by atoms with Gasteiger partial charge in [0.25, 0.3) is 0 Å². The fraction of sp³-hybridized carbons (Fsp3) is 0.941. The molecule has 2 aliphatic rings. The van der Waals surface area contributed by atoms with Crippen molar-refractivity contribution in [1.29, 1.82) is 0 Å². The maximum atomic E-state index is 12.1. The fourth-order valence-corrected chi connectivity index (χ4v) is 3.56. The largest absolute Gasteiger partial charge is 0.444 e. The van der Waals surface area contributed by atoms with E-state index in [4.69, 9.17) is 4.74 Å².